The summed E-state index contributed by atoms with van der Waals surface area (Å²) in [6.45, 7) is 6.91. The van der Waals surface area contributed by atoms with Crippen molar-refractivity contribution in [3.8, 4) is 5.75 Å². The fourth-order valence-electron chi connectivity index (χ4n) is 2.52. The van der Waals surface area contributed by atoms with Crippen LogP contribution in [0.25, 0.3) is 0 Å². The Morgan fingerprint density at radius 1 is 1.21 bits per heavy atom. The number of ether oxygens (including phenoxy) is 1. The van der Waals surface area contributed by atoms with Crippen molar-refractivity contribution < 1.29 is 14.3 Å². The van der Waals surface area contributed by atoms with E-state index in [1.54, 1.807) is 24.3 Å². The molecule has 0 aromatic heterocycles. The van der Waals surface area contributed by atoms with Crippen LogP contribution in [0.4, 0.5) is 0 Å². The second-order valence-corrected chi connectivity index (χ2v) is 7.59. The number of nitrogens with one attached hydrogen (secondary N) is 2. The minimum Gasteiger partial charge on any atom is -0.477 e. The van der Waals surface area contributed by atoms with Crippen molar-refractivity contribution in [1.29, 1.82) is 0 Å². The minimum absolute atomic E-state index is 0.00794. The third-order valence-corrected chi connectivity index (χ3v) is 4.45. The van der Waals surface area contributed by atoms with Gasteiger partial charge < -0.3 is 15.4 Å². The number of rotatable bonds is 5. The average Bonchev–Trinajstić information content (AvgIpc) is 2.54. The number of halogens is 1. The van der Waals surface area contributed by atoms with E-state index in [9.17, 15) is 9.59 Å². The summed E-state index contributed by atoms with van der Waals surface area (Å²) in [6, 6.07) is 6.96. The fourth-order valence-corrected chi connectivity index (χ4v) is 2.65. The highest BCUT2D eigenvalue weighted by Crippen LogP contribution is 2.28. The molecule has 1 aromatic rings. The maximum atomic E-state index is 12.8. The summed E-state index contributed by atoms with van der Waals surface area (Å²) >= 11 is 5.90. The highest BCUT2D eigenvalue weighted by molar-refractivity contribution is 6.30. The first-order valence-electron chi connectivity index (χ1n) is 8.20. The predicted molar refractivity (Wildman–Crippen MR) is 94.4 cm³/mol. The molecule has 0 unspecified atom stereocenters. The maximum absolute atomic E-state index is 12.8. The van der Waals surface area contributed by atoms with E-state index in [4.69, 9.17) is 16.3 Å². The van der Waals surface area contributed by atoms with Gasteiger partial charge in [-0.3, -0.25) is 9.59 Å². The van der Waals surface area contributed by atoms with Crippen LogP contribution >= 0.6 is 11.6 Å². The predicted octanol–water partition coefficient (Wildman–Crippen LogP) is 2.57. The fraction of sp³-hybridized carbons (Fsp3) is 0.556. The Hall–Kier alpha value is -1.59. The van der Waals surface area contributed by atoms with Gasteiger partial charge in [-0.05, 0) is 37.4 Å². The molecule has 132 valence electrons. The van der Waals surface area contributed by atoms with Gasteiger partial charge in [0.2, 0.25) is 0 Å². The third kappa shape index (κ3) is 4.71. The van der Waals surface area contributed by atoms with E-state index in [0.29, 0.717) is 36.7 Å². The van der Waals surface area contributed by atoms with Gasteiger partial charge in [-0.15, -0.1) is 0 Å². The first kappa shape index (κ1) is 18.7. The van der Waals surface area contributed by atoms with Crippen LogP contribution < -0.4 is 15.4 Å². The topological polar surface area (TPSA) is 67.4 Å². The number of ketones is 1. The Morgan fingerprint density at radius 2 is 1.79 bits per heavy atom. The normalized spacial score (nSPS) is 17.2. The molecule has 2 N–H and O–H groups in total. The lowest BCUT2D eigenvalue weighted by atomic mass is 9.89. The van der Waals surface area contributed by atoms with Gasteiger partial charge in [-0.25, -0.2) is 0 Å². The lowest BCUT2D eigenvalue weighted by molar-refractivity contribution is -0.141. The minimum atomic E-state index is -0.961. The zero-order valence-electron chi connectivity index (χ0n) is 14.4. The van der Waals surface area contributed by atoms with Crippen molar-refractivity contribution in [2.24, 2.45) is 5.41 Å². The lowest BCUT2D eigenvalue weighted by Crippen LogP contribution is -2.57. The van der Waals surface area contributed by atoms with E-state index in [1.807, 2.05) is 20.8 Å². The molecule has 1 aromatic carbocycles. The van der Waals surface area contributed by atoms with Crippen LogP contribution in [0.1, 0.15) is 33.6 Å². The molecule has 5 nitrogen and oxygen atoms in total. The summed E-state index contributed by atoms with van der Waals surface area (Å²) in [4.78, 5) is 24.9. The summed E-state index contributed by atoms with van der Waals surface area (Å²) in [5.74, 6) is 0.349. The Morgan fingerprint density at radius 3 is 2.33 bits per heavy atom. The van der Waals surface area contributed by atoms with Gasteiger partial charge in [0.25, 0.3) is 5.91 Å². The number of carbonyl (C=O) groups excluding carboxylic acids is 2. The Balaban J connectivity index is 2.10. The van der Waals surface area contributed by atoms with Gasteiger partial charge in [-0.1, -0.05) is 32.4 Å². The molecule has 0 aliphatic carbocycles. The monoisotopic (exact) mass is 352 g/mol. The highest BCUT2D eigenvalue weighted by Gasteiger charge is 2.42. The highest BCUT2D eigenvalue weighted by atomic mass is 35.5. The number of carbonyl (C=O) groups is 2. The van der Waals surface area contributed by atoms with Crippen molar-refractivity contribution >= 4 is 23.3 Å². The van der Waals surface area contributed by atoms with Crippen molar-refractivity contribution in [3.05, 3.63) is 29.3 Å². The Kier molecular flexibility index (Phi) is 5.88. The van der Waals surface area contributed by atoms with Crippen LogP contribution in [-0.4, -0.2) is 36.9 Å². The van der Waals surface area contributed by atoms with Crippen LogP contribution in [0.2, 0.25) is 5.02 Å². The molecule has 24 heavy (non-hydrogen) atoms. The van der Waals surface area contributed by atoms with Crippen LogP contribution in [-0.2, 0) is 9.59 Å². The number of amides is 1. The van der Waals surface area contributed by atoms with Crippen molar-refractivity contribution in [2.45, 2.75) is 39.2 Å². The molecule has 1 aliphatic rings. The van der Waals surface area contributed by atoms with E-state index in [-0.39, 0.29) is 18.2 Å². The molecule has 1 fully saturated rings. The molecule has 0 spiro atoms. The lowest BCUT2D eigenvalue weighted by Gasteiger charge is -2.36. The van der Waals surface area contributed by atoms with Crippen molar-refractivity contribution in [1.82, 2.24) is 10.6 Å². The second kappa shape index (κ2) is 7.53. The van der Waals surface area contributed by atoms with Gasteiger partial charge in [0, 0.05) is 23.3 Å². The average molecular weight is 353 g/mol. The smallest absolute Gasteiger partial charge is 0.264 e. The van der Waals surface area contributed by atoms with E-state index >= 15 is 0 Å². The molecular formula is C18H25ClN2O3. The second-order valence-electron chi connectivity index (χ2n) is 7.16. The van der Waals surface area contributed by atoms with E-state index in [0.717, 1.165) is 0 Å². The molecule has 1 aliphatic heterocycles. The first-order chi connectivity index (χ1) is 11.2. The number of piperidine rings is 1. The maximum Gasteiger partial charge on any atom is 0.264 e. The zero-order valence-corrected chi connectivity index (χ0v) is 15.2. The van der Waals surface area contributed by atoms with E-state index in [2.05, 4.69) is 10.6 Å². The molecule has 1 saturated heterocycles. The third-order valence-electron chi connectivity index (χ3n) is 4.20. The largest absolute Gasteiger partial charge is 0.477 e. The number of hydrogen-bond acceptors (Lipinski definition) is 4. The molecule has 1 heterocycles. The molecule has 0 saturated carbocycles. The van der Waals surface area contributed by atoms with E-state index in [1.165, 1.54) is 0 Å². The number of hydrogen-bond donors (Lipinski definition) is 2. The summed E-state index contributed by atoms with van der Waals surface area (Å²) in [7, 11) is 0. The Labute approximate surface area is 148 Å². The quantitative estimate of drug-likeness (QED) is 0.854. The summed E-state index contributed by atoms with van der Waals surface area (Å²) in [5, 5.41) is 6.61. The van der Waals surface area contributed by atoms with Crippen LogP contribution in [0, 0.1) is 5.41 Å². The SMILES string of the molecule is CC(C)(C)C(=O)CNC(=O)C1(Oc2ccc(Cl)cc2)CCNCC1. The Bertz CT molecular complexity index is 587. The molecular weight excluding hydrogens is 328 g/mol. The van der Waals surface area contributed by atoms with E-state index < -0.39 is 11.0 Å². The van der Waals surface area contributed by atoms with Crippen LogP contribution in [0.15, 0.2) is 24.3 Å². The van der Waals surface area contributed by atoms with Gasteiger partial charge in [0.15, 0.2) is 11.4 Å². The molecule has 6 heteroatoms. The van der Waals surface area contributed by atoms with Crippen molar-refractivity contribution in [3.63, 3.8) is 0 Å². The van der Waals surface area contributed by atoms with Crippen LogP contribution in [0.5, 0.6) is 5.75 Å². The summed E-state index contributed by atoms with van der Waals surface area (Å²) in [6.07, 6.45) is 1.09. The van der Waals surface area contributed by atoms with Gasteiger partial charge in [0.05, 0.1) is 6.54 Å². The summed E-state index contributed by atoms with van der Waals surface area (Å²) < 4.78 is 6.06. The van der Waals surface area contributed by atoms with Gasteiger partial charge in [-0.2, -0.15) is 0 Å². The van der Waals surface area contributed by atoms with Gasteiger partial charge in [0.1, 0.15) is 5.75 Å². The van der Waals surface area contributed by atoms with Crippen molar-refractivity contribution in [2.75, 3.05) is 19.6 Å². The molecule has 0 bridgehead atoms. The zero-order chi connectivity index (χ0) is 17.8. The molecule has 0 radical (unpaired) electrons. The standard InChI is InChI=1S/C18H25ClN2O3/c1-17(2,3)15(22)12-21-16(23)18(8-10-20-11-9-18)24-14-6-4-13(19)5-7-14/h4-7,20H,8-12H2,1-3H3,(H,21,23). The number of benzene rings is 1. The molecule has 2 rings (SSSR count). The molecule has 1 amide bonds. The summed E-state index contributed by atoms with van der Waals surface area (Å²) in [5.41, 5.74) is -1.44. The molecule has 0 atom stereocenters. The number of Topliss-reactive ketones (excluding diaryl/α,β-unsaturated/α-hetero) is 1. The van der Waals surface area contributed by atoms with Crippen LogP contribution in [0.3, 0.4) is 0 Å². The van der Waals surface area contributed by atoms with Gasteiger partial charge >= 0.3 is 0 Å². The first-order valence-corrected chi connectivity index (χ1v) is 8.58.